The molecule has 0 radical (unpaired) electrons. The zero-order chi connectivity index (χ0) is 12.0. The van der Waals surface area contributed by atoms with Crippen LogP contribution in [0.25, 0.3) is 0 Å². The van der Waals surface area contributed by atoms with E-state index in [1.807, 2.05) is 6.20 Å². The molecule has 4 heteroatoms. The average Bonchev–Trinajstić information content (AvgIpc) is 2.72. The molecule has 1 atom stereocenters. The van der Waals surface area contributed by atoms with Crippen molar-refractivity contribution in [2.24, 2.45) is 0 Å². The number of hydrogen-bond acceptors (Lipinski definition) is 4. The molecular weight excluding hydrogens is 220 g/mol. The quantitative estimate of drug-likeness (QED) is 0.772. The fourth-order valence-corrected chi connectivity index (χ4v) is 2.32. The molecule has 16 heavy (non-hydrogen) atoms. The van der Waals surface area contributed by atoms with Gasteiger partial charge in [0, 0.05) is 36.2 Å². The van der Waals surface area contributed by atoms with Gasteiger partial charge in [-0.05, 0) is 19.8 Å². The smallest absolute Gasteiger partial charge is 0.0953 e. The van der Waals surface area contributed by atoms with Crippen LogP contribution in [0.4, 0.5) is 0 Å². The maximum atomic E-state index is 8.73. The van der Waals surface area contributed by atoms with E-state index in [1.54, 1.807) is 11.3 Å². The highest BCUT2D eigenvalue weighted by molar-refractivity contribution is 7.11. The Kier molecular flexibility index (Phi) is 5.95. The lowest BCUT2D eigenvalue weighted by Crippen LogP contribution is -2.25. The second-order valence-electron chi connectivity index (χ2n) is 4.47. The minimum atomic E-state index is 0.282. The Morgan fingerprint density at radius 2 is 2.19 bits per heavy atom. The lowest BCUT2D eigenvalue weighted by atomic mass is 10.2. The number of aliphatic hydroxyl groups is 1. The van der Waals surface area contributed by atoms with E-state index in [9.17, 15) is 0 Å². The molecule has 1 aromatic heterocycles. The normalized spacial score (nSPS) is 13.3. The summed E-state index contributed by atoms with van der Waals surface area (Å²) in [6, 6.07) is 0.455. The first-order valence-electron chi connectivity index (χ1n) is 5.92. The van der Waals surface area contributed by atoms with Crippen molar-refractivity contribution < 1.29 is 5.11 Å². The maximum absolute atomic E-state index is 8.73. The van der Waals surface area contributed by atoms with Crippen LogP contribution in [0.5, 0.6) is 0 Å². The molecule has 1 unspecified atom stereocenters. The Bertz CT molecular complexity index is 299. The molecule has 0 fully saturated rings. The molecule has 1 rings (SSSR count). The molecule has 0 aliphatic carbocycles. The van der Waals surface area contributed by atoms with E-state index in [2.05, 4.69) is 31.1 Å². The van der Waals surface area contributed by atoms with Crippen molar-refractivity contribution in [1.82, 2.24) is 10.3 Å². The second kappa shape index (κ2) is 6.99. The van der Waals surface area contributed by atoms with Crippen molar-refractivity contribution in [2.75, 3.05) is 6.61 Å². The Balaban J connectivity index is 2.31. The van der Waals surface area contributed by atoms with Crippen LogP contribution in [-0.4, -0.2) is 22.7 Å². The largest absolute Gasteiger partial charge is 0.396 e. The number of hydrogen-bond donors (Lipinski definition) is 2. The van der Waals surface area contributed by atoms with Crippen LogP contribution in [0.1, 0.15) is 49.4 Å². The third-order valence-corrected chi connectivity index (χ3v) is 3.78. The topological polar surface area (TPSA) is 45.1 Å². The van der Waals surface area contributed by atoms with Crippen molar-refractivity contribution >= 4 is 11.3 Å². The lowest BCUT2D eigenvalue weighted by Gasteiger charge is -2.11. The molecule has 2 N–H and O–H groups in total. The van der Waals surface area contributed by atoms with Gasteiger partial charge >= 0.3 is 0 Å². The monoisotopic (exact) mass is 242 g/mol. The summed E-state index contributed by atoms with van der Waals surface area (Å²) in [5.74, 6) is 0.519. The molecule has 1 aromatic rings. The molecule has 0 amide bonds. The van der Waals surface area contributed by atoms with E-state index in [0.717, 1.165) is 19.4 Å². The van der Waals surface area contributed by atoms with E-state index in [1.165, 1.54) is 9.88 Å². The van der Waals surface area contributed by atoms with Crippen LogP contribution in [0.2, 0.25) is 0 Å². The SMILES string of the molecule is CC(CCCO)NCc1cnc(C(C)C)s1. The van der Waals surface area contributed by atoms with Gasteiger partial charge in [0.1, 0.15) is 0 Å². The lowest BCUT2D eigenvalue weighted by molar-refractivity contribution is 0.276. The first-order chi connectivity index (χ1) is 7.63. The van der Waals surface area contributed by atoms with Gasteiger partial charge in [0.25, 0.3) is 0 Å². The molecule has 0 bridgehead atoms. The molecule has 0 aliphatic heterocycles. The number of thiazole rings is 1. The highest BCUT2D eigenvalue weighted by Crippen LogP contribution is 2.20. The first-order valence-corrected chi connectivity index (χ1v) is 6.74. The van der Waals surface area contributed by atoms with E-state index in [4.69, 9.17) is 5.11 Å². The van der Waals surface area contributed by atoms with Gasteiger partial charge in [-0.15, -0.1) is 11.3 Å². The third-order valence-electron chi connectivity index (χ3n) is 2.49. The average molecular weight is 242 g/mol. The Labute approximate surface area is 102 Å². The molecular formula is C12H22N2OS. The van der Waals surface area contributed by atoms with Gasteiger partial charge in [-0.1, -0.05) is 13.8 Å². The van der Waals surface area contributed by atoms with Crippen molar-refractivity contribution in [3.63, 3.8) is 0 Å². The van der Waals surface area contributed by atoms with Gasteiger partial charge in [0.15, 0.2) is 0 Å². The number of aliphatic hydroxyl groups excluding tert-OH is 1. The van der Waals surface area contributed by atoms with Crippen LogP contribution in [-0.2, 0) is 6.54 Å². The summed E-state index contributed by atoms with van der Waals surface area (Å²) in [6.07, 6.45) is 3.85. The molecule has 0 saturated carbocycles. The van der Waals surface area contributed by atoms with Gasteiger partial charge in [-0.2, -0.15) is 0 Å². The summed E-state index contributed by atoms with van der Waals surface area (Å²) in [6.45, 7) is 7.65. The number of nitrogens with zero attached hydrogens (tertiary/aromatic N) is 1. The van der Waals surface area contributed by atoms with Crippen molar-refractivity contribution in [3.8, 4) is 0 Å². The van der Waals surface area contributed by atoms with Crippen LogP contribution in [0.15, 0.2) is 6.20 Å². The molecule has 92 valence electrons. The molecule has 1 heterocycles. The summed E-state index contributed by atoms with van der Waals surface area (Å²) in [7, 11) is 0. The predicted molar refractivity (Wildman–Crippen MR) is 68.8 cm³/mol. The van der Waals surface area contributed by atoms with Crippen molar-refractivity contribution in [2.45, 2.75) is 52.1 Å². The fourth-order valence-electron chi connectivity index (χ4n) is 1.45. The number of aromatic nitrogens is 1. The van der Waals surface area contributed by atoms with E-state index in [0.29, 0.717) is 12.0 Å². The van der Waals surface area contributed by atoms with Crippen LogP contribution >= 0.6 is 11.3 Å². The van der Waals surface area contributed by atoms with E-state index >= 15 is 0 Å². The van der Waals surface area contributed by atoms with E-state index < -0.39 is 0 Å². The zero-order valence-electron chi connectivity index (χ0n) is 10.4. The summed E-state index contributed by atoms with van der Waals surface area (Å²) in [5.41, 5.74) is 0. The van der Waals surface area contributed by atoms with Crippen molar-refractivity contribution in [3.05, 3.63) is 16.1 Å². The number of rotatable bonds is 7. The predicted octanol–water partition coefficient (Wildman–Crippen LogP) is 2.52. The standard InChI is InChI=1S/C12H22N2OS/c1-9(2)12-14-8-11(16-12)7-13-10(3)5-4-6-15/h8-10,13,15H,4-7H2,1-3H3. The van der Waals surface area contributed by atoms with Gasteiger partial charge in [0.05, 0.1) is 5.01 Å². The molecule has 0 aromatic carbocycles. The molecule has 0 spiro atoms. The minimum absolute atomic E-state index is 0.282. The van der Waals surface area contributed by atoms with Crippen molar-refractivity contribution in [1.29, 1.82) is 0 Å². The Hall–Kier alpha value is -0.450. The van der Waals surface area contributed by atoms with Gasteiger partial charge in [-0.3, -0.25) is 0 Å². The molecule has 0 saturated heterocycles. The van der Waals surface area contributed by atoms with Gasteiger partial charge in [0.2, 0.25) is 0 Å². The zero-order valence-corrected chi connectivity index (χ0v) is 11.2. The summed E-state index contributed by atoms with van der Waals surface area (Å²) < 4.78 is 0. The maximum Gasteiger partial charge on any atom is 0.0953 e. The van der Waals surface area contributed by atoms with Gasteiger partial charge < -0.3 is 10.4 Å². The Morgan fingerprint density at radius 3 is 2.75 bits per heavy atom. The third kappa shape index (κ3) is 4.60. The summed E-state index contributed by atoms with van der Waals surface area (Å²) in [4.78, 5) is 5.69. The van der Waals surface area contributed by atoms with Crippen LogP contribution in [0, 0.1) is 0 Å². The summed E-state index contributed by atoms with van der Waals surface area (Å²) in [5, 5.41) is 13.4. The summed E-state index contributed by atoms with van der Waals surface area (Å²) >= 11 is 1.78. The molecule has 3 nitrogen and oxygen atoms in total. The first kappa shape index (κ1) is 13.6. The molecule has 0 aliphatic rings. The second-order valence-corrected chi connectivity index (χ2v) is 5.61. The fraction of sp³-hybridized carbons (Fsp3) is 0.750. The van der Waals surface area contributed by atoms with Crippen LogP contribution in [0.3, 0.4) is 0 Å². The highest BCUT2D eigenvalue weighted by Gasteiger charge is 2.06. The van der Waals surface area contributed by atoms with E-state index in [-0.39, 0.29) is 6.61 Å². The van der Waals surface area contributed by atoms with Crippen LogP contribution < -0.4 is 5.32 Å². The highest BCUT2D eigenvalue weighted by atomic mass is 32.1. The number of nitrogens with one attached hydrogen (secondary N) is 1. The minimum Gasteiger partial charge on any atom is -0.396 e. The van der Waals surface area contributed by atoms with Gasteiger partial charge in [-0.25, -0.2) is 4.98 Å². The Morgan fingerprint density at radius 1 is 1.44 bits per heavy atom.